The lowest BCUT2D eigenvalue weighted by atomic mass is 10.2. The Kier molecular flexibility index (Phi) is 7.85. The maximum atomic E-state index is 13.4. The average Bonchev–Trinajstić information content (AvgIpc) is 2.89. The van der Waals surface area contributed by atoms with E-state index in [4.69, 9.17) is 18.9 Å². The lowest BCUT2D eigenvalue weighted by Crippen LogP contribution is -2.47. The number of rotatable bonds is 11. The van der Waals surface area contributed by atoms with Crippen molar-refractivity contribution in [3.8, 4) is 18.0 Å². The van der Waals surface area contributed by atoms with Crippen molar-refractivity contribution in [2.45, 2.75) is 11.0 Å². The summed E-state index contributed by atoms with van der Waals surface area (Å²) in [7, 11) is -3.80. The minimum Gasteiger partial charge on any atom is -0.460 e. The summed E-state index contributed by atoms with van der Waals surface area (Å²) >= 11 is 0. The van der Waals surface area contributed by atoms with Gasteiger partial charge in [-0.05, 0) is 12.1 Å². The Morgan fingerprint density at radius 3 is 2.34 bits per heavy atom. The quantitative estimate of drug-likeness (QED) is 0.362. The van der Waals surface area contributed by atoms with Gasteiger partial charge in [0.2, 0.25) is 10.0 Å². The van der Waals surface area contributed by atoms with E-state index in [1.165, 1.54) is 4.31 Å². The van der Waals surface area contributed by atoms with Crippen molar-refractivity contribution in [3.05, 3.63) is 61.8 Å². The molecule has 3 aromatic rings. The average molecular weight is 500 g/mol. The second-order valence-electron chi connectivity index (χ2n) is 7.38. The van der Waals surface area contributed by atoms with Crippen molar-refractivity contribution in [2.24, 2.45) is 0 Å². The number of fused-ring (bicyclic) bond motifs is 1. The molecule has 35 heavy (non-hydrogen) atoms. The van der Waals surface area contributed by atoms with E-state index < -0.39 is 16.1 Å². The summed E-state index contributed by atoms with van der Waals surface area (Å²) in [5.41, 5.74) is 0.429. The number of pyridine rings is 1. The zero-order valence-corrected chi connectivity index (χ0v) is 19.8. The third-order valence-electron chi connectivity index (χ3n) is 4.95. The van der Waals surface area contributed by atoms with Gasteiger partial charge in [-0.3, -0.25) is 4.98 Å². The summed E-state index contributed by atoms with van der Waals surface area (Å²) in [6.07, 6.45) is 4.12. The number of ether oxygens (including phenoxy) is 4. The molecule has 0 spiro atoms. The van der Waals surface area contributed by atoms with Crippen LogP contribution in [0, 0.1) is 0 Å². The normalized spacial score (nSPS) is 16.5. The fourth-order valence-electron chi connectivity index (χ4n) is 3.38. The standard InChI is InChI=1S/C23H25N5O6S/c1-3-12-32-21-25-22(33-13-4-2)27-23(26-21)34-16-18-15-28(11-14-31-18)35(29,30)19-9-5-7-17-8-6-10-24-20(17)19/h3-10,18H,1-2,11-16H2. The van der Waals surface area contributed by atoms with Gasteiger partial charge in [-0.25, -0.2) is 8.42 Å². The van der Waals surface area contributed by atoms with Gasteiger partial charge in [0.05, 0.1) is 12.1 Å². The summed E-state index contributed by atoms with van der Waals surface area (Å²) in [4.78, 5) is 16.7. The first-order chi connectivity index (χ1) is 17.0. The molecule has 3 heterocycles. The van der Waals surface area contributed by atoms with E-state index >= 15 is 0 Å². The third-order valence-corrected chi connectivity index (χ3v) is 6.84. The van der Waals surface area contributed by atoms with Gasteiger partial charge in [0.25, 0.3) is 0 Å². The van der Waals surface area contributed by atoms with E-state index in [9.17, 15) is 8.42 Å². The molecule has 11 nitrogen and oxygen atoms in total. The zero-order valence-electron chi connectivity index (χ0n) is 18.9. The van der Waals surface area contributed by atoms with Crippen molar-refractivity contribution >= 4 is 20.9 Å². The van der Waals surface area contributed by atoms with Crippen molar-refractivity contribution in [1.29, 1.82) is 0 Å². The molecule has 1 atom stereocenters. The fraction of sp³-hybridized carbons (Fsp3) is 0.304. The first kappa shape index (κ1) is 24.5. The molecular weight excluding hydrogens is 474 g/mol. The monoisotopic (exact) mass is 499 g/mol. The van der Waals surface area contributed by atoms with Gasteiger partial charge in [-0.1, -0.05) is 43.5 Å². The van der Waals surface area contributed by atoms with Gasteiger partial charge in [0, 0.05) is 24.7 Å². The molecule has 184 valence electrons. The lowest BCUT2D eigenvalue weighted by Gasteiger charge is -2.32. The van der Waals surface area contributed by atoms with E-state index in [2.05, 4.69) is 33.1 Å². The molecule has 12 heteroatoms. The molecule has 0 N–H and O–H groups in total. The highest BCUT2D eigenvalue weighted by Crippen LogP contribution is 2.25. The first-order valence-electron chi connectivity index (χ1n) is 10.8. The highest BCUT2D eigenvalue weighted by atomic mass is 32.2. The minimum atomic E-state index is -3.80. The van der Waals surface area contributed by atoms with Crippen molar-refractivity contribution in [1.82, 2.24) is 24.2 Å². The van der Waals surface area contributed by atoms with Gasteiger partial charge in [0.1, 0.15) is 30.8 Å². The first-order valence-corrected chi connectivity index (χ1v) is 12.3. The number of hydrogen-bond acceptors (Lipinski definition) is 10. The van der Waals surface area contributed by atoms with Gasteiger partial charge >= 0.3 is 18.0 Å². The maximum Gasteiger partial charge on any atom is 0.326 e. The lowest BCUT2D eigenvalue weighted by molar-refractivity contribution is -0.0267. The minimum absolute atomic E-state index is 0.00557. The number of para-hydroxylation sites is 1. The van der Waals surface area contributed by atoms with Crippen LogP contribution in [0.3, 0.4) is 0 Å². The number of benzene rings is 1. The van der Waals surface area contributed by atoms with E-state index in [-0.39, 0.29) is 62.4 Å². The third kappa shape index (κ3) is 5.91. The van der Waals surface area contributed by atoms with E-state index in [1.54, 1.807) is 36.5 Å². The van der Waals surface area contributed by atoms with Crippen molar-refractivity contribution < 1.29 is 27.4 Å². The Morgan fingerprint density at radius 1 is 1.00 bits per heavy atom. The Labute approximate surface area is 203 Å². The van der Waals surface area contributed by atoms with Crippen LogP contribution in [0.15, 0.2) is 66.7 Å². The molecule has 0 radical (unpaired) electrons. The van der Waals surface area contributed by atoms with Crippen LogP contribution in [0.2, 0.25) is 0 Å². The van der Waals surface area contributed by atoms with Gasteiger partial charge in [0.15, 0.2) is 0 Å². The molecular formula is C23H25N5O6S. The molecule has 1 aromatic carbocycles. The summed E-state index contributed by atoms with van der Waals surface area (Å²) in [5, 5.41) is 0.750. The van der Waals surface area contributed by atoms with Crippen LogP contribution in [-0.4, -0.2) is 78.3 Å². The zero-order chi connectivity index (χ0) is 24.7. The largest absolute Gasteiger partial charge is 0.460 e. The molecule has 0 saturated carbocycles. The molecule has 1 saturated heterocycles. The number of aromatic nitrogens is 4. The predicted molar refractivity (Wildman–Crippen MR) is 127 cm³/mol. The van der Waals surface area contributed by atoms with Crippen LogP contribution in [0.1, 0.15) is 0 Å². The summed E-state index contributed by atoms with van der Waals surface area (Å²) in [6.45, 7) is 8.07. The van der Waals surface area contributed by atoms with Crippen LogP contribution in [0.4, 0.5) is 0 Å². The smallest absolute Gasteiger partial charge is 0.326 e. The van der Waals surface area contributed by atoms with Crippen LogP contribution in [-0.2, 0) is 14.8 Å². The van der Waals surface area contributed by atoms with Gasteiger partial charge in [-0.2, -0.15) is 4.31 Å². The Balaban J connectivity index is 1.47. The Bertz CT molecular complexity index is 1270. The highest BCUT2D eigenvalue weighted by Gasteiger charge is 2.32. The Morgan fingerprint density at radius 2 is 1.66 bits per heavy atom. The van der Waals surface area contributed by atoms with Crippen molar-refractivity contribution in [2.75, 3.05) is 39.5 Å². The molecule has 4 rings (SSSR count). The molecule has 2 aromatic heterocycles. The molecule has 1 fully saturated rings. The highest BCUT2D eigenvalue weighted by molar-refractivity contribution is 7.89. The molecule has 0 aliphatic carbocycles. The van der Waals surface area contributed by atoms with Gasteiger partial charge in [-0.15, -0.1) is 15.0 Å². The van der Waals surface area contributed by atoms with Crippen LogP contribution < -0.4 is 14.2 Å². The molecule has 0 bridgehead atoms. The second-order valence-corrected chi connectivity index (χ2v) is 9.29. The SMILES string of the molecule is C=CCOc1nc(OCC=C)nc(OCC2CN(S(=O)(=O)c3cccc4cccnc34)CCO2)n1. The Hall–Kier alpha value is -3.61. The molecule has 1 unspecified atom stereocenters. The van der Waals surface area contributed by atoms with Crippen LogP contribution in [0.5, 0.6) is 18.0 Å². The van der Waals surface area contributed by atoms with Crippen molar-refractivity contribution in [3.63, 3.8) is 0 Å². The number of sulfonamides is 1. The summed E-state index contributed by atoms with van der Waals surface area (Å²) in [6, 6.07) is 8.65. The van der Waals surface area contributed by atoms with E-state index in [0.717, 1.165) is 5.39 Å². The number of hydrogen-bond donors (Lipinski definition) is 0. The summed E-state index contributed by atoms with van der Waals surface area (Å²) < 4.78 is 50.4. The number of nitrogens with zero attached hydrogens (tertiary/aromatic N) is 5. The van der Waals surface area contributed by atoms with Crippen LogP contribution >= 0.6 is 0 Å². The van der Waals surface area contributed by atoms with Gasteiger partial charge < -0.3 is 18.9 Å². The predicted octanol–water partition coefficient (Wildman–Crippen LogP) is 2.02. The van der Waals surface area contributed by atoms with E-state index in [1.807, 2.05) is 12.1 Å². The van der Waals surface area contributed by atoms with E-state index in [0.29, 0.717) is 5.52 Å². The maximum absolute atomic E-state index is 13.4. The molecule has 0 amide bonds. The molecule has 1 aliphatic heterocycles. The second kappa shape index (κ2) is 11.2. The topological polar surface area (TPSA) is 126 Å². The summed E-state index contributed by atoms with van der Waals surface area (Å²) in [5.74, 6) is 0. The molecule has 1 aliphatic rings. The van der Waals surface area contributed by atoms with Crippen LogP contribution in [0.25, 0.3) is 10.9 Å². The number of morpholine rings is 1. The fourth-order valence-corrected chi connectivity index (χ4v) is 5.00.